The van der Waals surface area contributed by atoms with E-state index in [4.69, 9.17) is 4.74 Å². The molecule has 6 aliphatic rings. The van der Waals surface area contributed by atoms with Crippen molar-refractivity contribution in [3.05, 3.63) is 11.1 Å². The molecule has 42 heavy (non-hydrogen) atoms. The van der Waals surface area contributed by atoms with Gasteiger partial charge in [0.25, 0.3) is 0 Å². The number of Topliss-reactive ketones (excluding diaryl/α,β-unsaturated/α-hetero) is 1. The molecule has 0 aromatic carbocycles. The molecule has 0 spiro atoms. The average Bonchev–Trinajstić information content (AvgIpc) is 3.23. The number of thioether (sulfide) groups is 2. The maximum Gasteiger partial charge on any atom is 0.302 e. The van der Waals surface area contributed by atoms with Gasteiger partial charge in [0, 0.05) is 36.0 Å². The van der Waals surface area contributed by atoms with Crippen LogP contribution in [0.4, 0.5) is 0 Å². The highest BCUT2D eigenvalue weighted by Crippen LogP contribution is 2.77. The van der Waals surface area contributed by atoms with Gasteiger partial charge in [0.2, 0.25) is 0 Å². The van der Waals surface area contributed by atoms with E-state index in [0.29, 0.717) is 29.0 Å². The minimum absolute atomic E-state index is 0.163. The van der Waals surface area contributed by atoms with E-state index < -0.39 is 0 Å². The molecule has 0 bridgehead atoms. The largest absolute Gasteiger partial charge is 0.460 e. The molecule has 0 aromatic rings. The second kappa shape index (κ2) is 10.6. The summed E-state index contributed by atoms with van der Waals surface area (Å²) in [6.45, 7) is 21.7. The third kappa shape index (κ3) is 4.26. The van der Waals surface area contributed by atoms with Crippen LogP contribution in [0.5, 0.6) is 0 Å². The first-order valence-corrected chi connectivity index (χ1v) is 19.5. The summed E-state index contributed by atoms with van der Waals surface area (Å²) in [5, 5.41) is 0.263. The second-order valence-electron chi connectivity index (χ2n) is 17.1. The average molecular weight is 615 g/mol. The lowest BCUT2D eigenvalue weighted by Crippen LogP contribution is -2.65. The van der Waals surface area contributed by atoms with Crippen LogP contribution in [0.25, 0.3) is 0 Å². The third-order valence-electron chi connectivity index (χ3n) is 15.1. The summed E-state index contributed by atoms with van der Waals surface area (Å²) >= 11 is 3.98. The molecule has 1 heterocycles. The summed E-state index contributed by atoms with van der Waals surface area (Å²) in [5.74, 6) is 6.38. The van der Waals surface area contributed by atoms with E-state index in [0.717, 1.165) is 53.4 Å². The molecule has 4 saturated carbocycles. The van der Waals surface area contributed by atoms with Gasteiger partial charge in [-0.25, -0.2) is 0 Å². The Morgan fingerprint density at radius 1 is 0.905 bits per heavy atom. The summed E-state index contributed by atoms with van der Waals surface area (Å²) in [4.78, 5) is 26.8. The van der Waals surface area contributed by atoms with E-state index >= 15 is 0 Å². The lowest BCUT2D eigenvalue weighted by Gasteiger charge is -2.72. The highest BCUT2D eigenvalue weighted by molar-refractivity contribution is 8.06. The van der Waals surface area contributed by atoms with Crippen LogP contribution in [0.1, 0.15) is 120 Å². The van der Waals surface area contributed by atoms with Gasteiger partial charge in [0.15, 0.2) is 5.78 Å². The summed E-state index contributed by atoms with van der Waals surface area (Å²) < 4.78 is 6.41. The van der Waals surface area contributed by atoms with Crippen LogP contribution in [0.15, 0.2) is 11.1 Å². The molecular formula is C37H58O3S2. The minimum Gasteiger partial charge on any atom is -0.460 e. The number of esters is 1. The maximum absolute atomic E-state index is 14.1. The van der Waals surface area contributed by atoms with Gasteiger partial charge < -0.3 is 4.74 Å². The summed E-state index contributed by atoms with van der Waals surface area (Å²) in [6, 6.07) is 0. The van der Waals surface area contributed by atoms with Gasteiger partial charge in [-0.2, -0.15) is 23.5 Å². The summed E-state index contributed by atoms with van der Waals surface area (Å²) in [6.07, 6.45) is 10.3. The van der Waals surface area contributed by atoms with Crippen molar-refractivity contribution in [2.45, 2.75) is 131 Å². The standard InChI is InChI=1S/C37H58O3S2/c1-22(2)30-26(39)20-37(32(40-24(4)38)27-21-41-18-19-42-27)17-16-35(8)25(31(30)37)10-11-29-34(7)14-12-23(3)33(5,6)28(34)13-15-36(29,35)9/h22-23,25,27-29,32H,10-21H2,1-9H3/t23-,25+,27?,28-,29+,32?,34-,35+,36+,37+/m0/s1. The van der Waals surface area contributed by atoms with Crippen molar-refractivity contribution >= 4 is 35.3 Å². The minimum atomic E-state index is -0.325. The van der Waals surface area contributed by atoms with Crippen molar-refractivity contribution in [2.75, 3.05) is 17.3 Å². The van der Waals surface area contributed by atoms with E-state index in [1.165, 1.54) is 44.1 Å². The van der Waals surface area contributed by atoms with Crippen molar-refractivity contribution in [2.24, 2.45) is 56.7 Å². The zero-order chi connectivity index (χ0) is 30.5. The molecular weight excluding hydrogens is 557 g/mol. The number of fused-ring (bicyclic) bond motifs is 7. The molecule has 0 radical (unpaired) electrons. The Bertz CT molecular complexity index is 1150. The Labute approximate surface area is 265 Å². The Balaban J connectivity index is 1.45. The van der Waals surface area contributed by atoms with Gasteiger partial charge in [-0.15, -0.1) is 0 Å². The highest BCUT2D eigenvalue weighted by Gasteiger charge is 2.71. The Kier molecular flexibility index (Phi) is 7.94. The Morgan fingerprint density at radius 2 is 1.64 bits per heavy atom. The number of hydrogen-bond acceptors (Lipinski definition) is 5. The van der Waals surface area contributed by atoms with E-state index in [1.807, 2.05) is 23.5 Å². The first kappa shape index (κ1) is 31.6. The number of hydrogen-bond donors (Lipinski definition) is 0. The van der Waals surface area contributed by atoms with Crippen LogP contribution in [0.3, 0.4) is 0 Å². The number of carbonyl (C=O) groups excluding carboxylic acids is 2. The second-order valence-corrected chi connectivity index (χ2v) is 19.6. The number of rotatable bonds is 4. The summed E-state index contributed by atoms with van der Waals surface area (Å²) in [7, 11) is 0. The molecule has 10 atom stereocenters. The molecule has 2 unspecified atom stereocenters. The normalized spacial score (nSPS) is 47.3. The fourth-order valence-electron chi connectivity index (χ4n) is 12.6. The zero-order valence-corrected chi connectivity index (χ0v) is 29.7. The lowest BCUT2D eigenvalue weighted by atomic mass is 9.32. The Morgan fingerprint density at radius 3 is 2.29 bits per heavy atom. The maximum atomic E-state index is 14.1. The molecule has 0 aromatic heterocycles. The van der Waals surface area contributed by atoms with E-state index in [-0.39, 0.29) is 39.5 Å². The van der Waals surface area contributed by atoms with E-state index in [2.05, 4.69) is 55.4 Å². The topological polar surface area (TPSA) is 43.4 Å². The molecule has 5 aliphatic carbocycles. The van der Waals surface area contributed by atoms with Crippen LogP contribution in [-0.4, -0.2) is 40.4 Å². The van der Waals surface area contributed by atoms with Gasteiger partial charge in [-0.05, 0) is 114 Å². The van der Waals surface area contributed by atoms with Crippen molar-refractivity contribution in [1.82, 2.24) is 0 Å². The molecule has 1 aliphatic heterocycles. The van der Waals surface area contributed by atoms with Crippen molar-refractivity contribution < 1.29 is 14.3 Å². The molecule has 5 heteroatoms. The fraction of sp³-hybridized carbons (Fsp3) is 0.892. The predicted octanol–water partition coefficient (Wildman–Crippen LogP) is 9.38. The first-order chi connectivity index (χ1) is 19.6. The van der Waals surface area contributed by atoms with Crippen molar-refractivity contribution in [3.63, 3.8) is 0 Å². The van der Waals surface area contributed by atoms with Gasteiger partial charge in [-0.3, -0.25) is 9.59 Å². The van der Waals surface area contributed by atoms with Crippen LogP contribution in [0, 0.1) is 56.7 Å². The van der Waals surface area contributed by atoms with Crippen molar-refractivity contribution in [3.8, 4) is 0 Å². The Hall–Kier alpha value is -0.420. The van der Waals surface area contributed by atoms with Crippen molar-refractivity contribution in [1.29, 1.82) is 0 Å². The van der Waals surface area contributed by atoms with Gasteiger partial charge >= 0.3 is 5.97 Å². The number of ether oxygens (including phenoxy) is 1. The monoisotopic (exact) mass is 614 g/mol. The molecule has 236 valence electrons. The fourth-order valence-corrected chi connectivity index (χ4v) is 15.5. The number of carbonyl (C=O) groups is 2. The SMILES string of the molecule is CC(=O)OC(C1CSCCS1)[C@@]12CC[C@]3(C)[C@H](CC[C@@H]4[C@@]5(C)CC[C@H](C)C(C)(C)[C@@H]5CC[C@]43C)C1=C(C(C)C)C(=O)C2. The van der Waals surface area contributed by atoms with Crippen LogP contribution >= 0.6 is 23.5 Å². The molecule has 0 N–H and O–H groups in total. The molecule has 3 nitrogen and oxygen atoms in total. The molecule has 5 fully saturated rings. The van der Waals surface area contributed by atoms with Gasteiger partial charge in [-0.1, -0.05) is 55.4 Å². The molecule has 6 rings (SSSR count). The van der Waals surface area contributed by atoms with Gasteiger partial charge in [0.1, 0.15) is 6.10 Å². The summed E-state index contributed by atoms with van der Waals surface area (Å²) in [5.41, 5.74) is 3.46. The quantitative estimate of drug-likeness (QED) is 0.295. The van der Waals surface area contributed by atoms with Crippen LogP contribution in [0.2, 0.25) is 0 Å². The lowest BCUT2D eigenvalue weighted by molar-refractivity contribution is -0.223. The molecule has 0 amide bonds. The number of allylic oxidation sites excluding steroid dienone is 1. The van der Waals surface area contributed by atoms with E-state index in [9.17, 15) is 9.59 Å². The first-order valence-electron chi connectivity index (χ1n) is 17.3. The highest BCUT2D eigenvalue weighted by atomic mass is 32.2. The number of ketones is 1. The van der Waals surface area contributed by atoms with E-state index in [1.54, 1.807) is 6.92 Å². The van der Waals surface area contributed by atoms with Crippen LogP contribution in [-0.2, 0) is 14.3 Å². The predicted molar refractivity (Wildman–Crippen MR) is 178 cm³/mol. The third-order valence-corrected chi connectivity index (χ3v) is 17.9. The smallest absolute Gasteiger partial charge is 0.302 e. The van der Waals surface area contributed by atoms with Crippen LogP contribution < -0.4 is 0 Å². The van der Waals surface area contributed by atoms with Gasteiger partial charge in [0.05, 0.1) is 5.25 Å². The molecule has 1 saturated heterocycles. The zero-order valence-electron chi connectivity index (χ0n) is 28.1.